The topological polar surface area (TPSA) is 49.9 Å². The van der Waals surface area contributed by atoms with Crippen molar-refractivity contribution in [2.24, 2.45) is 0 Å². The van der Waals surface area contributed by atoms with E-state index in [1.807, 2.05) is 0 Å². The number of piperidine rings is 1. The van der Waals surface area contributed by atoms with E-state index in [-0.39, 0.29) is 22.0 Å². The molecule has 1 aromatic carbocycles. The molecule has 0 unspecified atom stereocenters. The van der Waals surface area contributed by atoms with E-state index in [2.05, 4.69) is 15.9 Å². The zero-order chi connectivity index (χ0) is 21.3. The third-order valence-electron chi connectivity index (χ3n) is 4.50. The van der Waals surface area contributed by atoms with Crippen molar-refractivity contribution in [2.45, 2.75) is 51.4 Å². The van der Waals surface area contributed by atoms with Gasteiger partial charge in [-0.15, -0.1) is 0 Å². The van der Waals surface area contributed by atoms with Gasteiger partial charge >= 0.3 is 12.3 Å². The Morgan fingerprint density at radius 3 is 2.21 bits per heavy atom. The summed E-state index contributed by atoms with van der Waals surface area (Å²) in [5.74, 6) is -0.326. The van der Waals surface area contributed by atoms with Crippen LogP contribution in [0.3, 0.4) is 0 Å². The molecular formula is C19H24BrF3N2O3. The average molecular weight is 465 g/mol. The number of hydrogen-bond acceptors (Lipinski definition) is 3. The van der Waals surface area contributed by atoms with Crippen molar-refractivity contribution < 1.29 is 27.5 Å². The SMILES string of the molecule is CN(C(=O)OC(C)(C)C)C1CCN(C(=O)c2ccc(C(F)(F)F)c(Br)c2)CC1. The van der Waals surface area contributed by atoms with E-state index < -0.39 is 23.4 Å². The van der Waals surface area contributed by atoms with Gasteiger partial charge in [-0.05, 0) is 51.8 Å². The lowest BCUT2D eigenvalue weighted by atomic mass is 10.0. The standard InChI is InChI=1S/C19H24BrF3N2O3/c1-18(2,3)28-17(27)24(4)13-7-9-25(10-8-13)16(26)12-5-6-14(15(20)11-12)19(21,22)23/h5-6,11,13H,7-10H2,1-4H3. The Bertz CT molecular complexity index is 739. The summed E-state index contributed by atoms with van der Waals surface area (Å²) in [5.41, 5.74) is -1.21. The van der Waals surface area contributed by atoms with Crippen molar-refractivity contribution in [1.82, 2.24) is 9.80 Å². The first kappa shape index (κ1) is 22.5. The Hall–Kier alpha value is -1.77. The molecule has 28 heavy (non-hydrogen) atoms. The summed E-state index contributed by atoms with van der Waals surface area (Å²) in [6.07, 6.45) is -3.75. The minimum Gasteiger partial charge on any atom is -0.444 e. The average Bonchev–Trinajstić information content (AvgIpc) is 2.58. The van der Waals surface area contributed by atoms with Gasteiger partial charge in [0.1, 0.15) is 5.60 Å². The highest BCUT2D eigenvalue weighted by Crippen LogP contribution is 2.35. The minimum absolute atomic E-state index is 0.0572. The van der Waals surface area contributed by atoms with Crippen molar-refractivity contribution in [3.8, 4) is 0 Å². The Morgan fingerprint density at radius 1 is 1.18 bits per heavy atom. The fraction of sp³-hybridized carbons (Fsp3) is 0.579. The second-order valence-electron chi connectivity index (χ2n) is 7.81. The van der Waals surface area contributed by atoms with E-state index in [1.54, 1.807) is 37.6 Å². The molecule has 2 amide bonds. The Morgan fingerprint density at radius 2 is 1.75 bits per heavy atom. The number of carbonyl (C=O) groups is 2. The third kappa shape index (κ3) is 5.62. The molecule has 1 aliphatic heterocycles. The number of hydrogen-bond donors (Lipinski definition) is 0. The molecule has 0 bridgehead atoms. The van der Waals surface area contributed by atoms with E-state index in [1.165, 1.54) is 12.1 Å². The number of nitrogens with zero attached hydrogens (tertiary/aromatic N) is 2. The number of halogens is 4. The number of carbonyl (C=O) groups excluding carboxylic acids is 2. The lowest BCUT2D eigenvalue weighted by Crippen LogP contribution is -2.48. The molecule has 0 radical (unpaired) electrons. The zero-order valence-electron chi connectivity index (χ0n) is 16.3. The van der Waals surface area contributed by atoms with Crippen LogP contribution >= 0.6 is 15.9 Å². The zero-order valence-corrected chi connectivity index (χ0v) is 17.9. The van der Waals surface area contributed by atoms with E-state index in [9.17, 15) is 22.8 Å². The van der Waals surface area contributed by atoms with Crippen LogP contribution in [0.1, 0.15) is 49.5 Å². The molecule has 0 aromatic heterocycles. The lowest BCUT2D eigenvalue weighted by Gasteiger charge is -2.37. The van der Waals surface area contributed by atoms with Crippen molar-refractivity contribution in [2.75, 3.05) is 20.1 Å². The highest BCUT2D eigenvalue weighted by Gasteiger charge is 2.34. The molecule has 0 saturated carbocycles. The summed E-state index contributed by atoms with van der Waals surface area (Å²) in [4.78, 5) is 27.9. The molecule has 1 heterocycles. The Kier molecular flexibility index (Phi) is 6.68. The van der Waals surface area contributed by atoms with Crippen LogP contribution in [0, 0.1) is 0 Å². The van der Waals surface area contributed by atoms with E-state index in [0.29, 0.717) is 25.9 Å². The van der Waals surface area contributed by atoms with Crippen LogP contribution in [0.5, 0.6) is 0 Å². The van der Waals surface area contributed by atoms with Crippen LogP contribution in [0.15, 0.2) is 22.7 Å². The summed E-state index contributed by atoms with van der Waals surface area (Å²) in [6, 6.07) is 3.23. The van der Waals surface area contributed by atoms with Crippen LogP contribution in [0.25, 0.3) is 0 Å². The fourth-order valence-corrected chi connectivity index (χ4v) is 3.60. The second-order valence-corrected chi connectivity index (χ2v) is 8.66. The smallest absolute Gasteiger partial charge is 0.417 e. The number of benzene rings is 1. The summed E-state index contributed by atoms with van der Waals surface area (Å²) in [6.45, 7) is 6.21. The van der Waals surface area contributed by atoms with Crippen molar-refractivity contribution in [3.63, 3.8) is 0 Å². The van der Waals surface area contributed by atoms with Gasteiger partial charge in [-0.25, -0.2) is 4.79 Å². The summed E-state index contributed by atoms with van der Waals surface area (Å²) >= 11 is 2.89. The molecule has 0 aliphatic carbocycles. The van der Waals surface area contributed by atoms with Gasteiger partial charge in [0, 0.05) is 36.2 Å². The normalized spacial score (nSPS) is 16.1. The number of rotatable bonds is 2. The molecular weight excluding hydrogens is 441 g/mol. The number of amides is 2. The van der Waals surface area contributed by atoms with Gasteiger partial charge in [-0.1, -0.05) is 15.9 Å². The fourth-order valence-electron chi connectivity index (χ4n) is 3.00. The maximum atomic E-state index is 12.9. The molecule has 1 saturated heterocycles. The molecule has 2 rings (SSSR count). The first-order valence-electron chi connectivity index (χ1n) is 8.91. The highest BCUT2D eigenvalue weighted by molar-refractivity contribution is 9.10. The van der Waals surface area contributed by atoms with Crippen molar-refractivity contribution in [1.29, 1.82) is 0 Å². The maximum absolute atomic E-state index is 12.9. The van der Waals surface area contributed by atoms with Gasteiger partial charge < -0.3 is 14.5 Å². The molecule has 1 fully saturated rings. The third-order valence-corrected chi connectivity index (χ3v) is 5.16. The first-order chi connectivity index (χ1) is 12.8. The van der Waals surface area contributed by atoms with Crippen molar-refractivity contribution >= 4 is 27.9 Å². The van der Waals surface area contributed by atoms with Gasteiger partial charge in [0.25, 0.3) is 5.91 Å². The maximum Gasteiger partial charge on any atom is 0.417 e. The van der Waals surface area contributed by atoms with Crippen LogP contribution in [-0.4, -0.2) is 53.6 Å². The van der Waals surface area contributed by atoms with Crippen LogP contribution in [0.2, 0.25) is 0 Å². The summed E-state index contributed by atoms with van der Waals surface area (Å²) in [5, 5.41) is 0. The monoisotopic (exact) mass is 464 g/mol. The Balaban J connectivity index is 1.99. The molecule has 0 atom stereocenters. The number of ether oxygens (including phenoxy) is 1. The summed E-state index contributed by atoms with van der Waals surface area (Å²) in [7, 11) is 1.67. The molecule has 1 aliphatic rings. The van der Waals surface area contributed by atoms with E-state index in [4.69, 9.17) is 4.74 Å². The molecule has 5 nitrogen and oxygen atoms in total. The number of likely N-dealkylation sites (tertiary alicyclic amines) is 1. The molecule has 0 spiro atoms. The predicted octanol–water partition coefficient (Wildman–Crippen LogP) is 4.94. The van der Waals surface area contributed by atoms with Crippen LogP contribution in [0.4, 0.5) is 18.0 Å². The minimum atomic E-state index is -4.48. The predicted molar refractivity (Wildman–Crippen MR) is 102 cm³/mol. The summed E-state index contributed by atoms with van der Waals surface area (Å²) < 4.78 is 43.8. The highest BCUT2D eigenvalue weighted by atomic mass is 79.9. The van der Waals surface area contributed by atoms with E-state index >= 15 is 0 Å². The molecule has 1 aromatic rings. The first-order valence-corrected chi connectivity index (χ1v) is 9.71. The van der Waals surface area contributed by atoms with Gasteiger partial charge in [-0.3, -0.25) is 4.79 Å². The van der Waals surface area contributed by atoms with Crippen LogP contribution < -0.4 is 0 Å². The van der Waals surface area contributed by atoms with Crippen molar-refractivity contribution in [3.05, 3.63) is 33.8 Å². The second kappa shape index (κ2) is 8.31. The van der Waals surface area contributed by atoms with Gasteiger partial charge in [0.15, 0.2) is 0 Å². The molecule has 9 heteroatoms. The largest absolute Gasteiger partial charge is 0.444 e. The van der Waals surface area contributed by atoms with Gasteiger partial charge in [0.05, 0.1) is 5.56 Å². The van der Waals surface area contributed by atoms with Crippen LogP contribution in [-0.2, 0) is 10.9 Å². The molecule has 0 N–H and O–H groups in total. The lowest BCUT2D eigenvalue weighted by molar-refractivity contribution is -0.138. The Labute approximate surface area is 170 Å². The quantitative estimate of drug-likeness (QED) is 0.622. The van der Waals surface area contributed by atoms with E-state index in [0.717, 1.165) is 6.07 Å². The molecule has 156 valence electrons. The van der Waals surface area contributed by atoms with Gasteiger partial charge in [0.2, 0.25) is 0 Å². The number of alkyl halides is 3. The van der Waals surface area contributed by atoms with Gasteiger partial charge in [-0.2, -0.15) is 13.2 Å².